The van der Waals surface area contributed by atoms with Gasteiger partial charge in [0, 0.05) is 49.1 Å². The average Bonchev–Trinajstić information content (AvgIpc) is 3.48. The number of halogens is 1. The Bertz CT molecular complexity index is 1200. The number of aromatic nitrogens is 3. The molecule has 1 saturated carbocycles. The SMILES string of the molecule is Nc1ncnc2c1c(-c1cccc(OC[C@@H]3CCCO3)c1F)cn2C1CC(N2CC[S+]([O-])CC2)C1. The van der Waals surface area contributed by atoms with Crippen molar-refractivity contribution >= 4 is 28.0 Å². The molecule has 0 amide bonds. The monoisotopic (exact) mass is 499 g/mol. The number of nitrogens with two attached hydrogens (primary N) is 1. The third-order valence-corrected chi connectivity index (χ3v) is 8.83. The van der Waals surface area contributed by atoms with Crippen LogP contribution in [0.3, 0.4) is 0 Å². The average molecular weight is 500 g/mol. The molecule has 0 spiro atoms. The summed E-state index contributed by atoms with van der Waals surface area (Å²) in [6.07, 6.45) is 7.33. The molecule has 3 aliphatic rings. The summed E-state index contributed by atoms with van der Waals surface area (Å²) >= 11 is -0.677. The third-order valence-electron chi connectivity index (χ3n) is 7.55. The number of rotatable bonds is 6. The fourth-order valence-electron chi connectivity index (χ4n) is 5.48. The van der Waals surface area contributed by atoms with Crippen LogP contribution in [-0.4, -0.2) is 73.9 Å². The van der Waals surface area contributed by atoms with Gasteiger partial charge in [0.1, 0.15) is 35.9 Å². The van der Waals surface area contributed by atoms with E-state index in [0.29, 0.717) is 35.0 Å². The van der Waals surface area contributed by atoms with Crippen LogP contribution in [-0.2, 0) is 15.9 Å². The van der Waals surface area contributed by atoms with E-state index in [4.69, 9.17) is 15.2 Å². The van der Waals surface area contributed by atoms with Crippen LogP contribution in [0.15, 0.2) is 30.7 Å². The summed E-state index contributed by atoms with van der Waals surface area (Å²) in [7, 11) is 0. The smallest absolute Gasteiger partial charge is 0.172 e. The van der Waals surface area contributed by atoms with Gasteiger partial charge in [-0.3, -0.25) is 4.90 Å². The van der Waals surface area contributed by atoms with E-state index in [1.54, 1.807) is 18.2 Å². The maximum Gasteiger partial charge on any atom is 0.172 e. The van der Waals surface area contributed by atoms with Gasteiger partial charge in [-0.2, -0.15) is 0 Å². The molecule has 3 fully saturated rings. The Hall–Kier alpha value is -2.40. The van der Waals surface area contributed by atoms with E-state index in [9.17, 15) is 4.55 Å². The van der Waals surface area contributed by atoms with Crippen molar-refractivity contribution in [2.45, 2.75) is 43.9 Å². The second-order valence-electron chi connectivity index (χ2n) is 9.63. The van der Waals surface area contributed by atoms with Gasteiger partial charge in [0.25, 0.3) is 0 Å². The van der Waals surface area contributed by atoms with Crippen molar-refractivity contribution in [1.29, 1.82) is 0 Å². The van der Waals surface area contributed by atoms with Crippen LogP contribution in [0.5, 0.6) is 5.75 Å². The van der Waals surface area contributed by atoms with Crippen LogP contribution >= 0.6 is 0 Å². The predicted octanol–water partition coefficient (Wildman–Crippen LogP) is 3.15. The molecule has 0 radical (unpaired) electrons. The maximum atomic E-state index is 15.6. The molecule has 2 saturated heterocycles. The molecular formula is C25H30FN5O3S. The van der Waals surface area contributed by atoms with E-state index in [0.717, 1.165) is 62.5 Å². The zero-order valence-electron chi connectivity index (χ0n) is 19.6. The number of nitrogen functional groups attached to an aromatic ring is 1. The number of hydrogen-bond acceptors (Lipinski definition) is 7. The summed E-state index contributed by atoms with van der Waals surface area (Å²) in [5, 5.41) is 0.666. The van der Waals surface area contributed by atoms with Gasteiger partial charge in [-0.05, 0) is 31.7 Å². The second-order valence-corrected chi connectivity index (χ2v) is 11.3. The first-order valence-electron chi connectivity index (χ1n) is 12.3. The first kappa shape index (κ1) is 23.0. The van der Waals surface area contributed by atoms with Gasteiger partial charge in [-0.15, -0.1) is 0 Å². The lowest BCUT2D eigenvalue weighted by Gasteiger charge is -2.44. The number of ether oxygens (including phenoxy) is 2. The highest BCUT2D eigenvalue weighted by molar-refractivity contribution is 7.91. The van der Waals surface area contributed by atoms with Crippen molar-refractivity contribution in [3.8, 4) is 16.9 Å². The first-order valence-corrected chi connectivity index (χ1v) is 13.8. The molecule has 1 aliphatic carbocycles. The summed E-state index contributed by atoms with van der Waals surface area (Å²) in [5.41, 5.74) is 8.11. The van der Waals surface area contributed by atoms with Crippen LogP contribution < -0.4 is 10.5 Å². The molecule has 2 aliphatic heterocycles. The molecule has 0 unspecified atom stereocenters. The molecule has 3 aromatic rings. The van der Waals surface area contributed by atoms with Gasteiger partial charge in [0.15, 0.2) is 11.6 Å². The van der Waals surface area contributed by atoms with Crippen LogP contribution in [0, 0.1) is 5.82 Å². The minimum absolute atomic E-state index is 0.00970. The third kappa shape index (κ3) is 4.37. The minimum Gasteiger partial charge on any atom is -0.616 e. The number of fused-ring (bicyclic) bond motifs is 1. The molecule has 2 aromatic heterocycles. The lowest BCUT2D eigenvalue weighted by molar-refractivity contribution is 0.0666. The Morgan fingerprint density at radius 2 is 2.00 bits per heavy atom. The highest BCUT2D eigenvalue weighted by Crippen LogP contribution is 2.43. The van der Waals surface area contributed by atoms with E-state index >= 15 is 4.39 Å². The normalized spacial score (nSPS) is 25.7. The van der Waals surface area contributed by atoms with Gasteiger partial charge >= 0.3 is 0 Å². The van der Waals surface area contributed by atoms with Gasteiger partial charge in [-0.1, -0.05) is 23.3 Å². The van der Waals surface area contributed by atoms with Crippen molar-refractivity contribution in [1.82, 2.24) is 19.4 Å². The Morgan fingerprint density at radius 3 is 2.77 bits per heavy atom. The minimum atomic E-state index is -0.677. The van der Waals surface area contributed by atoms with E-state index in [2.05, 4.69) is 19.4 Å². The van der Waals surface area contributed by atoms with Gasteiger partial charge in [0.05, 0.1) is 11.5 Å². The molecule has 10 heteroatoms. The summed E-state index contributed by atoms with van der Waals surface area (Å²) in [5.74, 6) is 1.64. The van der Waals surface area contributed by atoms with Crippen molar-refractivity contribution < 1.29 is 18.4 Å². The fraction of sp³-hybridized carbons (Fsp3) is 0.520. The highest BCUT2D eigenvalue weighted by atomic mass is 32.2. The predicted molar refractivity (Wildman–Crippen MR) is 133 cm³/mol. The number of nitrogens with zero attached hydrogens (tertiary/aromatic N) is 4. The molecule has 0 bridgehead atoms. The van der Waals surface area contributed by atoms with Crippen LogP contribution in [0.2, 0.25) is 0 Å². The number of anilines is 1. The summed E-state index contributed by atoms with van der Waals surface area (Å²) in [6.45, 7) is 2.84. The van der Waals surface area contributed by atoms with E-state index in [1.807, 2.05) is 6.20 Å². The van der Waals surface area contributed by atoms with E-state index < -0.39 is 17.0 Å². The number of hydrogen-bond donors (Lipinski definition) is 1. The second kappa shape index (κ2) is 9.57. The summed E-state index contributed by atoms with van der Waals surface area (Å²) < 4.78 is 40.9. The fourth-order valence-corrected chi connectivity index (χ4v) is 6.56. The Labute approximate surface area is 206 Å². The van der Waals surface area contributed by atoms with Gasteiger partial charge in [0.2, 0.25) is 0 Å². The molecule has 4 heterocycles. The Balaban J connectivity index is 1.28. The molecule has 35 heavy (non-hydrogen) atoms. The first-order chi connectivity index (χ1) is 17.1. The van der Waals surface area contributed by atoms with Crippen LogP contribution in [0.4, 0.5) is 10.2 Å². The quantitative estimate of drug-likeness (QED) is 0.520. The van der Waals surface area contributed by atoms with Crippen molar-refractivity contribution in [3.05, 3.63) is 36.5 Å². The molecule has 6 rings (SSSR count). The van der Waals surface area contributed by atoms with Crippen molar-refractivity contribution in [2.75, 3.05) is 43.5 Å². The summed E-state index contributed by atoms with van der Waals surface area (Å²) in [6, 6.07) is 5.92. The van der Waals surface area contributed by atoms with Crippen LogP contribution in [0.1, 0.15) is 31.7 Å². The lowest BCUT2D eigenvalue weighted by atomic mass is 9.85. The maximum absolute atomic E-state index is 15.6. The van der Waals surface area contributed by atoms with Gasteiger partial charge < -0.3 is 24.3 Å². The van der Waals surface area contributed by atoms with Crippen molar-refractivity contribution in [3.63, 3.8) is 0 Å². The highest BCUT2D eigenvalue weighted by Gasteiger charge is 2.38. The van der Waals surface area contributed by atoms with Crippen LogP contribution in [0.25, 0.3) is 22.2 Å². The summed E-state index contributed by atoms with van der Waals surface area (Å²) in [4.78, 5) is 11.2. The van der Waals surface area contributed by atoms with E-state index in [1.165, 1.54) is 6.33 Å². The zero-order chi connectivity index (χ0) is 23.9. The molecule has 186 valence electrons. The Kier molecular flexibility index (Phi) is 6.30. The molecule has 8 nitrogen and oxygen atoms in total. The van der Waals surface area contributed by atoms with E-state index in [-0.39, 0.29) is 17.9 Å². The molecular weight excluding hydrogens is 469 g/mol. The molecule has 1 aromatic carbocycles. The lowest BCUT2D eigenvalue weighted by Crippen LogP contribution is -2.51. The number of benzene rings is 1. The van der Waals surface area contributed by atoms with Crippen molar-refractivity contribution in [2.24, 2.45) is 0 Å². The molecule has 2 N–H and O–H groups in total. The zero-order valence-corrected chi connectivity index (χ0v) is 20.4. The largest absolute Gasteiger partial charge is 0.616 e. The standard InChI is InChI=1S/C25H30FN5O3S/c26-23-19(4-1-5-21(23)34-14-18-3-2-8-33-18)20-13-31(25-22(20)24(27)28-15-29-25)17-11-16(12-17)30-6-9-35(32)10-7-30/h1,4-5,13,15-18H,2-3,6-12,14H2,(H2,27,28,29)/t16?,17?,18-/m0/s1. The Morgan fingerprint density at radius 1 is 1.17 bits per heavy atom. The molecule has 1 atom stereocenters. The van der Waals surface area contributed by atoms with Gasteiger partial charge in [-0.25, -0.2) is 14.4 Å². The topological polar surface area (TPSA) is 101 Å².